The Morgan fingerprint density at radius 2 is 1.48 bits per heavy atom. The van der Waals surface area contributed by atoms with Crippen LogP contribution in [0.15, 0.2) is 0 Å². The number of rotatable bonds is 14. The van der Waals surface area contributed by atoms with E-state index in [0.29, 0.717) is 13.0 Å². The van der Waals surface area contributed by atoms with E-state index < -0.39 is 10.2 Å². The third-order valence-corrected chi connectivity index (χ3v) is 5.45. The molecule has 0 spiro atoms. The topological polar surface area (TPSA) is 51.2 Å². The van der Waals surface area contributed by atoms with Crippen molar-refractivity contribution in [2.75, 3.05) is 85.5 Å². The molecule has 0 aromatic heterocycles. The molecular formula is C16H36N2O4S. The Kier molecular flexibility index (Phi) is 12.8. The molecule has 0 atom stereocenters. The van der Waals surface area contributed by atoms with Gasteiger partial charge in [0.2, 0.25) is 0 Å². The van der Waals surface area contributed by atoms with Crippen molar-refractivity contribution in [3.63, 3.8) is 0 Å². The van der Waals surface area contributed by atoms with Gasteiger partial charge in [-0.15, -0.1) is 0 Å². The van der Waals surface area contributed by atoms with Gasteiger partial charge < -0.3 is 14.2 Å². The first-order valence-electron chi connectivity index (χ1n) is 8.14. The average Bonchev–Trinajstić information content (AvgIpc) is 2.47. The number of carbonyl (C=O) groups excluding carboxylic acids is 1. The van der Waals surface area contributed by atoms with E-state index >= 15 is 0 Å². The first-order valence-corrected chi connectivity index (χ1v) is 11.0. The van der Waals surface area contributed by atoms with Crippen LogP contribution in [0.3, 0.4) is 0 Å². The number of methoxy groups -OCH3 is 2. The lowest BCUT2D eigenvalue weighted by Crippen LogP contribution is -2.39. The van der Waals surface area contributed by atoms with Gasteiger partial charge in [-0.05, 0) is 25.7 Å². The highest BCUT2D eigenvalue weighted by atomic mass is 32.3. The van der Waals surface area contributed by atoms with Gasteiger partial charge in [0, 0.05) is 46.9 Å². The molecule has 0 aliphatic heterocycles. The highest BCUT2D eigenvalue weighted by molar-refractivity contribution is 8.30. The fourth-order valence-electron chi connectivity index (χ4n) is 2.14. The van der Waals surface area contributed by atoms with E-state index in [1.807, 2.05) is 6.92 Å². The molecule has 6 nitrogen and oxygen atoms in total. The van der Waals surface area contributed by atoms with E-state index in [4.69, 9.17) is 14.2 Å². The molecule has 0 bridgehead atoms. The molecule has 7 heteroatoms. The molecule has 0 saturated carbocycles. The Morgan fingerprint density at radius 3 is 1.91 bits per heavy atom. The zero-order valence-electron chi connectivity index (χ0n) is 15.8. The Bertz CT molecular complexity index is 303. The van der Waals surface area contributed by atoms with E-state index in [0.717, 1.165) is 45.9 Å². The van der Waals surface area contributed by atoms with Gasteiger partial charge in [-0.2, -0.15) is 10.2 Å². The summed E-state index contributed by atoms with van der Waals surface area (Å²) in [6, 6.07) is 0. The summed E-state index contributed by atoms with van der Waals surface area (Å²) in [5.41, 5.74) is 0. The fourth-order valence-corrected chi connectivity index (χ4v) is 3.41. The average molecular weight is 353 g/mol. The van der Waals surface area contributed by atoms with Crippen molar-refractivity contribution in [1.82, 2.24) is 9.21 Å². The molecule has 0 aromatic carbocycles. The fraction of sp³-hybridized carbons (Fsp3) is 0.938. The van der Waals surface area contributed by atoms with Crippen LogP contribution < -0.4 is 0 Å². The van der Waals surface area contributed by atoms with E-state index in [1.165, 1.54) is 0 Å². The van der Waals surface area contributed by atoms with Crippen LogP contribution >= 0.6 is 10.2 Å². The Hall–Kier alpha value is -0.340. The van der Waals surface area contributed by atoms with Gasteiger partial charge >= 0.3 is 5.97 Å². The van der Waals surface area contributed by atoms with Crippen LogP contribution in [0, 0.1) is 0 Å². The lowest BCUT2D eigenvalue weighted by molar-refractivity contribution is -0.143. The van der Waals surface area contributed by atoms with Gasteiger partial charge in [-0.3, -0.25) is 14.0 Å². The number of carbonyl (C=O) groups is 1. The summed E-state index contributed by atoms with van der Waals surface area (Å²) in [5.74, 6) is -0.114. The van der Waals surface area contributed by atoms with Gasteiger partial charge in [0.1, 0.15) is 0 Å². The summed E-state index contributed by atoms with van der Waals surface area (Å²) >= 11 is 0. The van der Waals surface area contributed by atoms with Crippen molar-refractivity contribution < 1.29 is 19.0 Å². The molecule has 0 N–H and O–H groups in total. The first-order chi connectivity index (χ1) is 10.8. The molecular weight excluding hydrogens is 316 g/mol. The van der Waals surface area contributed by atoms with Crippen LogP contribution in [0.2, 0.25) is 0 Å². The summed E-state index contributed by atoms with van der Waals surface area (Å²) in [5, 5.41) is 0. The summed E-state index contributed by atoms with van der Waals surface area (Å²) in [6.45, 7) is 8.14. The summed E-state index contributed by atoms with van der Waals surface area (Å²) in [6.07, 6.45) is 7.22. The molecule has 0 unspecified atom stereocenters. The normalized spacial score (nSPS) is 12.9. The standard InChI is InChI=1S/C16H36N2O4S/c1-7-22-16(19)8-9-18(23(4,5)6)11-10-17(12-14-20-2)13-15-21-3/h7-15H2,1-6H3. The molecule has 0 heterocycles. The summed E-state index contributed by atoms with van der Waals surface area (Å²) in [4.78, 5) is 14.0. The van der Waals surface area contributed by atoms with Crippen LogP contribution in [0.4, 0.5) is 0 Å². The highest BCUT2D eigenvalue weighted by Crippen LogP contribution is 2.39. The second-order valence-corrected chi connectivity index (χ2v) is 10.1. The monoisotopic (exact) mass is 352 g/mol. The van der Waals surface area contributed by atoms with E-state index in [-0.39, 0.29) is 5.97 Å². The molecule has 0 fully saturated rings. The van der Waals surface area contributed by atoms with Crippen LogP contribution in [-0.4, -0.2) is 101 Å². The molecule has 0 rings (SSSR count). The highest BCUT2D eigenvalue weighted by Gasteiger charge is 2.19. The molecule has 0 radical (unpaired) electrons. The second kappa shape index (κ2) is 13.0. The number of esters is 1. The zero-order valence-corrected chi connectivity index (χ0v) is 16.6. The Labute approximate surface area is 143 Å². The Morgan fingerprint density at radius 1 is 0.913 bits per heavy atom. The molecule has 0 amide bonds. The maximum atomic E-state index is 11.6. The minimum Gasteiger partial charge on any atom is -0.466 e. The summed E-state index contributed by atoms with van der Waals surface area (Å²) in [7, 11) is 2.57. The molecule has 0 aromatic rings. The zero-order chi connectivity index (χ0) is 17.7. The Balaban J connectivity index is 4.46. The maximum absolute atomic E-state index is 11.6. The van der Waals surface area contributed by atoms with Crippen LogP contribution in [0.25, 0.3) is 0 Å². The molecule has 140 valence electrons. The maximum Gasteiger partial charge on any atom is 0.307 e. The largest absolute Gasteiger partial charge is 0.466 e. The van der Waals surface area contributed by atoms with Crippen molar-refractivity contribution in [3.8, 4) is 0 Å². The van der Waals surface area contributed by atoms with Crippen molar-refractivity contribution in [2.45, 2.75) is 13.3 Å². The number of ether oxygens (including phenoxy) is 3. The molecule has 23 heavy (non-hydrogen) atoms. The number of hydrogen-bond donors (Lipinski definition) is 0. The lowest BCUT2D eigenvalue weighted by atomic mass is 10.4. The van der Waals surface area contributed by atoms with Crippen molar-refractivity contribution in [3.05, 3.63) is 0 Å². The summed E-state index contributed by atoms with van der Waals surface area (Å²) < 4.78 is 17.8. The minimum absolute atomic E-state index is 0.114. The third-order valence-electron chi connectivity index (χ3n) is 3.53. The van der Waals surface area contributed by atoms with Gasteiger partial charge in [0.15, 0.2) is 0 Å². The first kappa shape index (κ1) is 22.7. The van der Waals surface area contributed by atoms with Gasteiger partial charge in [0.05, 0.1) is 26.2 Å². The predicted octanol–water partition coefficient (Wildman–Crippen LogP) is 1.45. The number of nitrogens with zero attached hydrogens (tertiary/aromatic N) is 2. The lowest BCUT2D eigenvalue weighted by Gasteiger charge is -2.41. The second-order valence-electron chi connectivity index (χ2n) is 6.08. The van der Waals surface area contributed by atoms with E-state index in [1.54, 1.807) is 14.2 Å². The van der Waals surface area contributed by atoms with E-state index in [9.17, 15) is 4.79 Å². The third kappa shape index (κ3) is 11.8. The number of hydrogen-bond acceptors (Lipinski definition) is 6. The smallest absolute Gasteiger partial charge is 0.307 e. The van der Waals surface area contributed by atoms with Crippen LogP contribution in [0.5, 0.6) is 0 Å². The van der Waals surface area contributed by atoms with E-state index in [2.05, 4.69) is 28.0 Å². The van der Waals surface area contributed by atoms with Gasteiger partial charge in [-0.25, -0.2) is 0 Å². The molecule has 0 aliphatic carbocycles. The van der Waals surface area contributed by atoms with Crippen molar-refractivity contribution in [1.29, 1.82) is 0 Å². The van der Waals surface area contributed by atoms with Gasteiger partial charge in [0.25, 0.3) is 0 Å². The quantitative estimate of drug-likeness (QED) is 0.441. The van der Waals surface area contributed by atoms with Crippen molar-refractivity contribution in [2.24, 2.45) is 0 Å². The minimum atomic E-state index is -0.876. The van der Waals surface area contributed by atoms with Gasteiger partial charge in [-0.1, -0.05) is 0 Å². The van der Waals surface area contributed by atoms with Crippen molar-refractivity contribution >= 4 is 16.2 Å². The molecule has 0 aliphatic rings. The van der Waals surface area contributed by atoms with Crippen LogP contribution in [-0.2, 0) is 19.0 Å². The van der Waals surface area contributed by atoms with Crippen LogP contribution in [0.1, 0.15) is 13.3 Å². The SMILES string of the molecule is CCOC(=O)CCN(CCN(CCOC)CCOC)S(C)(C)C. The molecule has 0 saturated heterocycles. The predicted molar refractivity (Wildman–Crippen MR) is 98.4 cm³/mol.